The summed E-state index contributed by atoms with van der Waals surface area (Å²) in [4.78, 5) is 16.2. The average Bonchev–Trinajstić information content (AvgIpc) is 2.95. The minimum atomic E-state index is -3.29. The number of ether oxygens (including phenoxy) is 1. The van der Waals surface area contributed by atoms with E-state index in [1.165, 1.54) is 23.8 Å². The number of carbonyl (C=O) groups is 1. The van der Waals surface area contributed by atoms with E-state index in [4.69, 9.17) is 4.74 Å². The van der Waals surface area contributed by atoms with E-state index in [0.29, 0.717) is 35.7 Å². The highest BCUT2D eigenvalue weighted by atomic mass is 32.2. The summed E-state index contributed by atoms with van der Waals surface area (Å²) in [5.74, 6) is 0.271. The zero-order chi connectivity index (χ0) is 17.2. The minimum absolute atomic E-state index is 0.137. The fraction of sp³-hybridized carbons (Fsp3) is 0.250. The fourth-order valence-electron chi connectivity index (χ4n) is 2.58. The number of nitrogens with zero attached hydrogens (tertiary/aromatic N) is 2. The molecule has 0 atom stereocenters. The minimum Gasteiger partial charge on any atom is -0.495 e. The van der Waals surface area contributed by atoms with Crippen LogP contribution in [0.3, 0.4) is 0 Å². The molecule has 3 rings (SSSR count). The Morgan fingerprint density at radius 1 is 1.25 bits per heavy atom. The molecule has 1 aliphatic heterocycles. The van der Waals surface area contributed by atoms with Crippen molar-refractivity contribution >= 4 is 27.3 Å². The van der Waals surface area contributed by atoms with Crippen molar-refractivity contribution in [3.8, 4) is 5.75 Å². The van der Waals surface area contributed by atoms with E-state index < -0.39 is 10.0 Å². The van der Waals surface area contributed by atoms with Crippen molar-refractivity contribution in [1.29, 1.82) is 0 Å². The van der Waals surface area contributed by atoms with Gasteiger partial charge in [-0.1, -0.05) is 0 Å². The first-order valence-corrected chi connectivity index (χ1v) is 9.02. The molecule has 1 aromatic carbocycles. The van der Waals surface area contributed by atoms with Gasteiger partial charge < -0.3 is 10.1 Å². The lowest BCUT2D eigenvalue weighted by molar-refractivity contribution is 0.102. The standard InChI is InChI=1S/C16H17N3O4S/c1-23-15-4-3-13(19-9-2-10-24(19,21)22)11-14(15)18-16(20)12-5-7-17-8-6-12/h3-8,11H,2,9-10H2,1H3,(H,18,20). The van der Waals surface area contributed by atoms with Crippen molar-refractivity contribution < 1.29 is 17.9 Å². The Morgan fingerprint density at radius 2 is 2.00 bits per heavy atom. The van der Waals surface area contributed by atoms with Gasteiger partial charge in [0, 0.05) is 24.5 Å². The van der Waals surface area contributed by atoms with Crippen LogP contribution in [0.1, 0.15) is 16.8 Å². The molecule has 1 saturated heterocycles. The quantitative estimate of drug-likeness (QED) is 0.912. The van der Waals surface area contributed by atoms with E-state index >= 15 is 0 Å². The summed E-state index contributed by atoms with van der Waals surface area (Å²) in [5, 5.41) is 2.76. The Labute approximate surface area is 140 Å². The molecule has 1 aliphatic rings. The van der Waals surface area contributed by atoms with Crippen LogP contribution in [0.25, 0.3) is 0 Å². The molecule has 0 spiro atoms. The summed E-state index contributed by atoms with van der Waals surface area (Å²) in [6.45, 7) is 0.437. The number of aromatic nitrogens is 1. The Kier molecular flexibility index (Phi) is 4.39. The van der Waals surface area contributed by atoms with Crippen molar-refractivity contribution in [2.45, 2.75) is 6.42 Å². The number of amides is 1. The highest BCUT2D eigenvalue weighted by Crippen LogP contribution is 2.32. The van der Waals surface area contributed by atoms with Crippen LogP contribution in [0.2, 0.25) is 0 Å². The highest BCUT2D eigenvalue weighted by Gasteiger charge is 2.29. The van der Waals surface area contributed by atoms with Crippen molar-refractivity contribution in [3.05, 3.63) is 48.3 Å². The second-order valence-electron chi connectivity index (χ2n) is 5.32. The second kappa shape index (κ2) is 6.48. The largest absolute Gasteiger partial charge is 0.495 e. The summed E-state index contributed by atoms with van der Waals surface area (Å²) in [6, 6.07) is 8.11. The van der Waals surface area contributed by atoms with Gasteiger partial charge in [0.2, 0.25) is 10.0 Å². The zero-order valence-corrected chi connectivity index (χ0v) is 13.9. The number of pyridine rings is 1. The third-order valence-electron chi connectivity index (χ3n) is 3.76. The Balaban J connectivity index is 1.92. The first-order valence-electron chi connectivity index (χ1n) is 7.41. The summed E-state index contributed by atoms with van der Waals surface area (Å²) >= 11 is 0. The van der Waals surface area contributed by atoms with Crippen molar-refractivity contribution in [2.24, 2.45) is 0 Å². The van der Waals surface area contributed by atoms with Crippen LogP contribution in [0.5, 0.6) is 5.75 Å². The van der Waals surface area contributed by atoms with Crippen molar-refractivity contribution in [2.75, 3.05) is 29.0 Å². The van der Waals surface area contributed by atoms with Gasteiger partial charge in [-0.25, -0.2) is 8.42 Å². The maximum Gasteiger partial charge on any atom is 0.255 e. The molecule has 0 aliphatic carbocycles. The Hall–Kier alpha value is -2.61. The SMILES string of the molecule is COc1ccc(N2CCCS2(=O)=O)cc1NC(=O)c1ccncc1. The Bertz CT molecular complexity index is 853. The van der Waals surface area contributed by atoms with Crippen LogP contribution in [-0.4, -0.2) is 38.7 Å². The number of methoxy groups -OCH3 is 1. The molecule has 0 radical (unpaired) electrons. The molecule has 8 heteroatoms. The van der Waals surface area contributed by atoms with E-state index in [0.717, 1.165) is 0 Å². The predicted molar refractivity (Wildman–Crippen MR) is 90.9 cm³/mol. The van der Waals surface area contributed by atoms with Crippen LogP contribution >= 0.6 is 0 Å². The molecular weight excluding hydrogens is 330 g/mol. The second-order valence-corrected chi connectivity index (χ2v) is 7.33. The van der Waals surface area contributed by atoms with Gasteiger partial charge >= 0.3 is 0 Å². The third kappa shape index (κ3) is 3.18. The summed E-state index contributed by atoms with van der Waals surface area (Å²) < 4.78 is 30.8. The molecular formula is C16H17N3O4S. The Morgan fingerprint density at radius 3 is 2.62 bits per heavy atom. The van der Waals surface area contributed by atoms with Gasteiger partial charge in [-0.2, -0.15) is 0 Å². The van der Waals surface area contributed by atoms with Crippen LogP contribution in [0.15, 0.2) is 42.7 Å². The molecule has 1 N–H and O–H groups in total. The number of carbonyl (C=O) groups excluding carboxylic acids is 1. The van der Waals surface area contributed by atoms with Gasteiger partial charge in [0.05, 0.1) is 24.2 Å². The van der Waals surface area contributed by atoms with Gasteiger partial charge in [0.15, 0.2) is 0 Å². The van der Waals surface area contributed by atoms with Gasteiger partial charge in [0.25, 0.3) is 5.91 Å². The molecule has 7 nitrogen and oxygen atoms in total. The molecule has 0 unspecified atom stereocenters. The van der Waals surface area contributed by atoms with Crippen LogP contribution in [0, 0.1) is 0 Å². The van der Waals surface area contributed by atoms with Gasteiger partial charge in [0.1, 0.15) is 5.75 Å². The average molecular weight is 347 g/mol. The topological polar surface area (TPSA) is 88.6 Å². The third-order valence-corrected chi connectivity index (χ3v) is 5.63. The molecule has 126 valence electrons. The van der Waals surface area contributed by atoms with Crippen LogP contribution in [0.4, 0.5) is 11.4 Å². The van der Waals surface area contributed by atoms with E-state index in [-0.39, 0.29) is 11.7 Å². The summed E-state index contributed by atoms with van der Waals surface area (Å²) in [5.41, 5.74) is 1.38. The maximum atomic E-state index is 12.3. The van der Waals surface area contributed by atoms with Crippen molar-refractivity contribution in [1.82, 2.24) is 4.98 Å². The van der Waals surface area contributed by atoms with Gasteiger partial charge in [-0.05, 0) is 36.8 Å². The molecule has 1 amide bonds. The lowest BCUT2D eigenvalue weighted by atomic mass is 10.2. The number of nitrogens with one attached hydrogen (secondary N) is 1. The maximum absolute atomic E-state index is 12.3. The lowest BCUT2D eigenvalue weighted by Gasteiger charge is -2.19. The molecule has 1 fully saturated rings. The van der Waals surface area contributed by atoms with Crippen LogP contribution in [-0.2, 0) is 10.0 Å². The van der Waals surface area contributed by atoms with Crippen LogP contribution < -0.4 is 14.4 Å². The molecule has 0 bridgehead atoms. The molecule has 1 aromatic heterocycles. The van der Waals surface area contributed by atoms with E-state index in [2.05, 4.69) is 10.3 Å². The fourth-order valence-corrected chi connectivity index (χ4v) is 4.13. The molecule has 0 saturated carbocycles. The normalized spacial score (nSPS) is 16.0. The van der Waals surface area contributed by atoms with Gasteiger partial charge in [-0.3, -0.25) is 14.1 Å². The molecule has 2 heterocycles. The van der Waals surface area contributed by atoms with E-state index in [1.54, 1.807) is 30.3 Å². The number of hydrogen-bond acceptors (Lipinski definition) is 5. The molecule has 2 aromatic rings. The highest BCUT2D eigenvalue weighted by molar-refractivity contribution is 7.93. The number of anilines is 2. The summed E-state index contributed by atoms with van der Waals surface area (Å²) in [6.07, 6.45) is 3.64. The number of rotatable bonds is 4. The smallest absolute Gasteiger partial charge is 0.255 e. The first kappa shape index (κ1) is 16.3. The predicted octanol–water partition coefficient (Wildman–Crippen LogP) is 1.88. The number of hydrogen-bond donors (Lipinski definition) is 1. The van der Waals surface area contributed by atoms with E-state index in [9.17, 15) is 13.2 Å². The number of sulfonamides is 1. The van der Waals surface area contributed by atoms with E-state index in [1.807, 2.05) is 0 Å². The summed E-state index contributed by atoms with van der Waals surface area (Å²) in [7, 11) is -1.80. The van der Waals surface area contributed by atoms with Crippen molar-refractivity contribution in [3.63, 3.8) is 0 Å². The van der Waals surface area contributed by atoms with Gasteiger partial charge in [-0.15, -0.1) is 0 Å². The monoisotopic (exact) mass is 347 g/mol. The zero-order valence-electron chi connectivity index (χ0n) is 13.1. The number of benzene rings is 1. The molecule has 24 heavy (non-hydrogen) atoms. The first-order chi connectivity index (χ1) is 11.5. The lowest BCUT2D eigenvalue weighted by Crippen LogP contribution is -2.25.